The molecule has 20 heavy (non-hydrogen) atoms. The van der Waals surface area contributed by atoms with E-state index in [4.69, 9.17) is 5.26 Å². The van der Waals surface area contributed by atoms with Crippen molar-refractivity contribution in [3.05, 3.63) is 47.8 Å². The Morgan fingerprint density at radius 3 is 2.55 bits per heavy atom. The van der Waals surface area contributed by atoms with Gasteiger partial charge in [-0.3, -0.25) is 4.98 Å². The van der Waals surface area contributed by atoms with Crippen molar-refractivity contribution in [3.8, 4) is 22.9 Å². The number of nitrogens with zero attached hydrogens (tertiary/aromatic N) is 2. The van der Waals surface area contributed by atoms with Gasteiger partial charge in [-0.25, -0.2) is 0 Å². The third kappa shape index (κ3) is 3.26. The first kappa shape index (κ1) is 13.9. The normalized spacial score (nSPS) is 10.9. The average molecular weight is 278 g/mol. The molecule has 0 saturated heterocycles. The van der Waals surface area contributed by atoms with Crippen LogP contribution in [0.25, 0.3) is 11.1 Å². The van der Waals surface area contributed by atoms with Gasteiger partial charge in [0, 0.05) is 23.5 Å². The van der Waals surface area contributed by atoms with Crippen molar-refractivity contribution in [2.24, 2.45) is 0 Å². The Labute approximate surface area is 113 Å². The van der Waals surface area contributed by atoms with Gasteiger partial charge in [-0.15, -0.1) is 13.2 Å². The molecule has 3 nitrogen and oxygen atoms in total. The van der Waals surface area contributed by atoms with Gasteiger partial charge in [0.15, 0.2) is 0 Å². The largest absolute Gasteiger partial charge is 0.573 e. The number of ether oxygens (including phenoxy) is 1. The molecule has 0 aliphatic carbocycles. The van der Waals surface area contributed by atoms with Crippen LogP contribution in [0.3, 0.4) is 0 Å². The third-order valence-corrected chi connectivity index (χ3v) is 2.52. The molecule has 2 rings (SSSR count). The maximum absolute atomic E-state index is 12.4. The molecule has 0 bridgehead atoms. The van der Waals surface area contributed by atoms with E-state index >= 15 is 0 Å². The topological polar surface area (TPSA) is 45.9 Å². The van der Waals surface area contributed by atoms with E-state index in [0.717, 1.165) is 11.6 Å². The molecule has 0 radical (unpaired) electrons. The van der Waals surface area contributed by atoms with Crippen LogP contribution in [-0.4, -0.2) is 11.3 Å². The van der Waals surface area contributed by atoms with Gasteiger partial charge in [-0.1, -0.05) is 0 Å². The van der Waals surface area contributed by atoms with E-state index in [9.17, 15) is 13.2 Å². The lowest BCUT2D eigenvalue weighted by atomic mass is 10.0. The number of benzene rings is 1. The first-order valence-electron chi connectivity index (χ1n) is 5.61. The first-order chi connectivity index (χ1) is 9.39. The summed E-state index contributed by atoms with van der Waals surface area (Å²) in [7, 11) is 0. The van der Waals surface area contributed by atoms with Crippen molar-refractivity contribution in [1.29, 1.82) is 5.26 Å². The molecule has 1 heterocycles. The maximum atomic E-state index is 12.4. The second kappa shape index (κ2) is 5.21. The Bertz CT molecular complexity index is 675. The van der Waals surface area contributed by atoms with E-state index in [2.05, 4.69) is 9.72 Å². The van der Waals surface area contributed by atoms with Crippen LogP contribution >= 0.6 is 0 Å². The highest BCUT2D eigenvalue weighted by atomic mass is 19.4. The molecule has 102 valence electrons. The van der Waals surface area contributed by atoms with E-state index in [0.29, 0.717) is 5.56 Å². The number of alkyl halides is 3. The molecule has 0 saturated carbocycles. The molecule has 6 heteroatoms. The smallest absolute Gasteiger partial charge is 0.405 e. The quantitative estimate of drug-likeness (QED) is 0.838. The SMILES string of the molecule is Cc1cncc(-c2ccc(C#N)cc2OC(F)(F)F)c1. The Morgan fingerprint density at radius 1 is 1.20 bits per heavy atom. The van der Waals surface area contributed by atoms with Gasteiger partial charge in [-0.2, -0.15) is 5.26 Å². The Hall–Kier alpha value is -2.55. The van der Waals surface area contributed by atoms with Crippen molar-refractivity contribution in [1.82, 2.24) is 4.98 Å². The third-order valence-electron chi connectivity index (χ3n) is 2.52. The molecule has 1 aromatic heterocycles. The van der Waals surface area contributed by atoms with E-state index in [1.165, 1.54) is 18.3 Å². The fourth-order valence-corrected chi connectivity index (χ4v) is 1.74. The van der Waals surface area contributed by atoms with E-state index in [-0.39, 0.29) is 11.1 Å². The number of rotatable bonds is 2. The van der Waals surface area contributed by atoms with E-state index in [1.54, 1.807) is 25.3 Å². The standard InChI is InChI=1S/C14H9F3N2O/c1-9-4-11(8-19-7-9)12-3-2-10(6-18)5-13(12)20-14(15,16)17/h2-5,7-8H,1H3. The molecule has 0 atom stereocenters. The molecule has 1 aromatic carbocycles. The van der Waals surface area contributed by atoms with Crippen LogP contribution < -0.4 is 4.74 Å². The lowest BCUT2D eigenvalue weighted by Crippen LogP contribution is -2.17. The number of nitriles is 1. The van der Waals surface area contributed by atoms with Crippen LogP contribution in [0, 0.1) is 18.3 Å². The predicted molar refractivity (Wildman–Crippen MR) is 65.8 cm³/mol. The van der Waals surface area contributed by atoms with Crippen molar-refractivity contribution in [3.63, 3.8) is 0 Å². The summed E-state index contributed by atoms with van der Waals surface area (Å²) in [5.74, 6) is -0.413. The molecule has 0 aliphatic rings. The van der Waals surface area contributed by atoms with Gasteiger partial charge >= 0.3 is 6.36 Å². The average Bonchev–Trinajstić information content (AvgIpc) is 2.36. The van der Waals surface area contributed by atoms with Gasteiger partial charge in [0.1, 0.15) is 5.75 Å². The number of pyridine rings is 1. The summed E-state index contributed by atoms with van der Waals surface area (Å²) in [6.07, 6.45) is -1.78. The highest BCUT2D eigenvalue weighted by Gasteiger charge is 2.32. The summed E-state index contributed by atoms with van der Waals surface area (Å²) in [5, 5.41) is 8.77. The van der Waals surface area contributed by atoms with Crippen molar-refractivity contribution in [2.45, 2.75) is 13.3 Å². The summed E-state index contributed by atoms with van der Waals surface area (Å²) in [6, 6.07) is 7.38. The molecule has 0 fully saturated rings. The molecular formula is C14H9F3N2O. The number of aromatic nitrogens is 1. The molecule has 0 amide bonds. The van der Waals surface area contributed by atoms with Crippen LogP contribution in [-0.2, 0) is 0 Å². The minimum Gasteiger partial charge on any atom is -0.405 e. The number of halogens is 3. The van der Waals surface area contributed by atoms with Gasteiger partial charge in [-0.05, 0) is 36.8 Å². The molecule has 0 unspecified atom stereocenters. The van der Waals surface area contributed by atoms with Crippen molar-refractivity contribution in [2.75, 3.05) is 0 Å². The summed E-state index contributed by atoms with van der Waals surface area (Å²) in [6.45, 7) is 1.78. The Kier molecular flexibility index (Phi) is 3.61. The number of hydrogen-bond acceptors (Lipinski definition) is 3. The molecule has 2 aromatic rings. The lowest BCUT2D eigenvalue weighted by Gasteiger charge is -2.13. The van der Waals surface area contributed by atoms with Gasteiger partial charge < -0.3 is 4.74 Å². The molecule has 0 N–H and O–H groups in total. The van der Waals surface area contributed by atoms with Gasteiger partial charge in [0.2, 0.25) is 0 Å². The van der Waals surface area contributed by atoms with Crippen LogP contribution in [0.1, 0.15) is 11.1 Å². The predicted octanol–water partition coefficient (Wildman–Crippen LogP) is 3.83. The highest BCUT2D eigenvalue weighted by molar-refractivity contribution is 5.71. The molecule has 0 aliphatic heterocycles. The second-order valence-electron chi connectivity index (χ2n) is 4.12. The van der Waals surface area contributed by atoms with Gasteiger partial charge in [0.25, 0.3) is 0 Å². The highest BCUT2D eigenvalue weighted by Crippen LogP contribution is 2.34. The Morgan fingerprint density at radius 2 is 1.95 bits per heavy atom. The zero-order valence-electron chi connectivity index (χ0n) is 10.4. The first-order valence-corrected chi connectivity index (χ1v) is 5.61. The van der Waals surface area contributed by atoms with Crippen LogP contribution in [0.4, 0.5) is 13.2 Å². The zero-order valence-corrected chi connectivity index (χ0v) is 10.4. The zero-order chi connectivity index (χ0) is 14.8. The second-order valence-corrected chi connectivity index (χ2v) is 4.12. The summed E-state index contributed by atoms with van der Waals surface area (Å²) in [5.41, 5.74) is 1.63. The maximum Gasteiger partial charge on any atom is 0.573 e. The minimum absolute atomic E-state index is 0.0913. The number of hydrogen-bond donors (Lipinski definition) is 0. The Balaban J connectivity index is 2.55. The fourth-order valence-electron chi connectivity index (χ4n) is 1.74. The van der Waals surface area contributed by atoms with Crippen LogP contribution in [0.15, 0.2) is 36.7 Å². The number of aryl methyl sites for hydroxylation is 1. The summed E-state index contributed by atoms with van der Waals surface area (Å²) >= 11 is 0. The summed E-state index contributed by atoms with van der Waals surface area (Å²) < 4.78 is 41.3. The van der Waals surface area contributed by atoms with Crippen molar-refractivity contribution >= 4 is 0 Å². The van der Waals surface area contributed by atoms with Crippen LogP contribution in [0.2, 0.25) is 0 Å². The molecular weight excluding hydrogens is 269 g/mol. The van der Waals surface area contributed by atoms with Gasteiger partial charge in [0.05, 0.1) is 11.6 Å². The minimum atomic E-state index is -4.82. The van der Waals surface area contributed by atoms with Crippen LogP contribution in [0.5, 0.6) is 5.75 Å². The fraction of sp³-hybridized carbons (Fsp3) is 0.143. The molecule has 0 spiro atoms. The van der Waals surface area contributed by atoms with E-state index < -0.39 is 12.1 Å². The van der Waals surface area contributed by atoms with E-state index in [1.807, 2.05) is 0 Å². The lowest BCUT2D eigenvalue weighted by molar-refractivity contribution is -0.274. The monoisotopic (exact) mass is 278 g/mol. The summed E-state index contributed by atoms with van der Waals surface area (Å²) in [4.78, 5) is 3.94. The van der Waals surface area contributed by atoms with Crippen molar-refractivity contribution < 1.29 is 17.9 Å².